The van der Waals surface area contributed by atoms with Crippen molar-refractivity contribution in [2.24, 2.45) is 0 Å². The van der Waals surface area contributed by atoms with E-state index in [2.05, 4.69) is 5.32 Å². The number of nitrogens with zero attached hydrogens (tertiary/aromatic N) is 1. The Bertz CT molecular complexity index is 632. The molecular formula is C15H23ClN2O3S. The molecule has 0 saturated carbocycles. The number of anilines is 1. The quantitative estimate of drug-likeness (QED) is 0.825. The summed E-state index contributed by atoms with van der Waals surface area (Å²) in [6.45, 7) is 5.40. The largest absolute Gasteiger partial charge is 0.352 e. The van der Waals surface area contributed by atoms with Gasteiger partial charge in [-0.3, -0.25) is 9.10 Å². The molecule has 1 atom stereocenters. The van der Waals surface area contributed by atoms with E-state index in [1.807, 2.05) is 13.8 Å². The summed E-state index contributed by atoms with van der Waals surface area (Å²) in [4.78, 5) is 12.1. The fourth-order valence-corrected chi connectivity index (χ4v) is 3.28. The van der Waals surface area contributed by atoms with Crippen LogP contribution in [0, 0.1) is 6.92 Å². The Balaban J connectivity index is 3.01. The first-order valence-corrected chi connectivity index (χ1v) is 9.41. The number of hydrogen-bond donors (Lipinski definition) is 1. The normalized spacial score (nSPS) is 12.8. The van der Waals surface area contributed by atoms with Crippen molar-refractivity contribution in [1.29, 1.82) is 0 Å². The second kappa shape index (κ2) is 7.83. The molecule has 0 saturated heterocycles. The molecule has 1 N–H and O–H groups in total. The highest BCUT2D eigenvalue weighted by Gasteiger charge is 2.23. The van der Waals surface area contributed by atoms with Crippen molar-refractivity contribution in [2.75, 3.05) is 17.1 Å². The Kier molecular flexibility index (Phi) is 6.68. The maximum absolute atomic E-state index is 12.1. The minimum absolute atomic E-state index is 0.0133. The van der Waals surface area contributed by atoms with Gasteiger partial charge in [-0.1, -0.05) is 31.0 Å². The van der Waals surface area contributed by atoms with E-state index in [1.54, 1.807) is 25.1 Å². The first-order chi connectivity index (χ1) is 10.2. The zero-order valence-corrected chi connectivity index (χ0v) is 15.0. The van der Waals surface area contributed by atoms with E-state index >= 15 is 0 Å². The van der Waals surface area contributed by atoms with Gasteiger partial charge in [0.05, 0.1) is 11.9 Å². The summed E-state index contributed by atoms with van der Waals surface area (Å²) >= 11 is 6.05. The molecule has 0 heterocycles. The number of hydrogen-bond acceptors (Lipinski definition) is 3. The Morgan fingerprint density at radius 3 is 2.59 bits per heavy atom. The third-order valence-corrected chi connectivity index (χ3v) is 4.86. The average Bonchev–Trinajstić information content (AvgIpc) is 2.38. The van der Waals surface area contributed by atoms with E-state index in [-0.39, 0.29) is 18.5 Å². The summed E-state index contributed by atoms with van der Waals surface area (Å²) in [5.74, 6) is -0.328. The monoisotopic (exact) mass is 346 g/mol. The fourth-order valence-electron chi connectivity index (χ4n) is 2.20. The molecule has 1 amide bonds. The van der Waals surface area contributed by atoms with E-state index in [1.165, 1.54) is 0 Å². The third kappa shape index (κ3) is 5.18. The molecule has 7 heteroatoms. The second-order valence-electron chi connectivity index (χ2n) is 5.41. The number of rotatable bonds is 7. The minimum atomic E-state index is -3.59. The van der Waals surface area contributed by atoms with Gasteiger partial charge in [-0.2, -0.15) is 0 Å². The zero-order valence-electron chi connectivity index (χ0n) is 13.4. The smallest absolute Gasteiger partial charge is 0.240 e. The molecule has 0 aliphatic rings. The van der Waals surface area contributed by atoms with Crippen LogP contribution < -0.4 is 9.62 Å². The van der Waals surface area contributed by atoms with Crippen LogP contribution in [-0.2, 0) is 14.8 Å². The van der Waals surface area contributed by atoms with Crippen LogP contribution in [0.3, 0.4) is 0 Å². The molecule has 0 fully saturated rings. The van der Waals surface area contributed by atoms with E-state index < -0.39 is 10.0 Å². The molecule has 5 nitrogen and oxygen atoms in total. The van der Waals surface area contributed by atoms with Gasteiger partial charge in [0.1, 0.15) is 6.54 Å². The maximum atomic E-state index is 12.1. The standard InChI is InChI=1S/C15H23ClN2O3S/c1-5-7-11(2)17-15(19)10-18(22(4,20)21)14-9-6-8-13(16)12(14)3/h6,8-9,11H,5,7,10H2,1-4H3,(H,17,19)/t11-/m1/s1. The number of benzene rings is 1. The number of carbonyl (C=O) groups is 1. The van der Waals surface area contributed by atoms with E-state index in [9.17, 15) is 13.2 Å². The van der Waals surface area contributed by atoms with Crippen molar-refractivity contribution in [3.8, 4) is 0 Å². The molecule has 1 rings (SSSR count). The summed E-state index contributed by atoms with van der Waals surface area (Å²) in [7, 11) is -3.59. The highest BCUT2D eigenvalue weighted by molar-refractivity contribution is 7.92. The molecule has 0 aliphatic carbocycles. The van der Waals surface area contributed by atoms with Gasteiger partial charge in [0, 0.05) is 11.1 Å². The van der Waals surface area contributed by atoms with Crippen molar-refractivity contribution in [3.63, 3.8) is 0 Å². The van der Waals surface area contributed by atoms with Crippen molar-refractivity contribution in [2.45, 2.75) is 39.7 Å². The third-order valence-electron chi connectivity index (χ3n) is 3.32. The van der Waals surface area contributed by atoms with Crippen molar-refractivity contribution < 1.29 is 13.2 Å². The Morgan fingerprint density at radius 2 is 2.05 bits per heavy atom. The van der Waals surface area contributed by atoms with Crippen LogP contribution in [0.4, 0.5) is 5.69 Å². The minimum Gasteiger partial charge on any atom is -0.352 e. The lowest BCUT2D eigenvalue weighted by molar-refractivity contribution is -0.120. The van der Waals surface area contributed by atoms with Gasteiger partial charge in [-0.15, -0.1) is 0 Å². The number of carbonyl (C=O) groups excluding carboxylic acids is 1. The van der Waals surface area contributed by atoms with Crippen LogP contribution in [-0.4, -0.2) is 33.2 Å². The van der Waals surface area contributed by atoms with E-state index in [0.717, 1.165) is 23.4 Å². The first kappa shape index (κ1) is 18.8. The predicted octanol–water partition coefficient (Wildman–Crippen LogP) is 2.72. The molecule has 0 spiro atoms. The Morgan fingerprint density at radius 1 is 1.41 bits per heavy atom. The van der Waals surface area contributed by atoms with E-state index in [0.29, 0.717) is 16.3 Å². The number of halogens is 1. The topological polar surface area (TPSA) is 66.5 Å². The molecule has 0 unspecified atom stereocenters. The van der Waals surface area contributed by atoms with Crippen LogP contribution in [0.5, 0.6) is 0 Å². The van der Waals surface area contributed by atoms with Gasteiger partial charge in [-0.25, -0.2) is 8.42 Å². The lowest BCUT2D eigenvalue weighted by atomic mass is 10.2. The maximum Gasteiger partial charge on any atom is 0.240 e. The van der Waals surface area contributed by atoms with Crippen LogP contribution in [0.25, 0.3) is 0 Å². The fraction of sp³-hybridized carbons (Fsp3) is 0.533. The van der Waals surface area contributed by atoms with Crippen molar-refractivity contribution in [3.05, 3.63) is 28.8 Å². The summed E-state index contributed by atoms with van der Waals surface area (Å²) in [5, 5.41) is 3.27. The molecule has 0 aliphatic heterocycles. The van der Waals surface area contributed by atoms with Gasteiger partial charge < -0.3 is 5.32 Å². The molecule has 0 radical (unpaired) electrons. The van der Waals surface area contributed by atoms with Gasteiger partial charge in [-0.05, 0) is 38.0 Å². The predicted molar refractivity (Wildman–Crippen MR) is 90.9 cm³/mol. The van der Waals surface area contributed by atoms with Gasteiger partial charge in [0.25, 0.3) is 0 Å². The second-order valence-corrected chi connectivity index (χ2v) is 7.72. The van der Waals surface area contributed by atoms with Gasteiger partial charge in [0.15, 0.2) is 0 Å². The highest BCUT2D eigenvalue weighted by atomic mass is 35.5. The Labute approximate surface area is 137 Å². The lowest BCUT2D eigenvalue weighted by Gasteiger charge is -2.25. The van der Waals surface area contributed by atoms with Crippen LogP contribution >= 0.6 is 11.6 Å². The molecule has 1 aromatic rings. The number of nitrogens with one attached hydrogen (secondary N) is 1. The summed E-state index contributed by atoms with van der Waals surface area (Å²) in [6.07, 6.45) is 2.88. The van der Waals surface area contributed by atoms with E-state index in [4.69, 9.17) is 11.6 Å². The molecule has 22 heavy (non-hydrogen) atoms. The molecule has 0 aromatic heterocycles. The highest BCUT2D eigenvalue weighted by Crippen LogP contribution is 2.27. The van der Waals surface area contributed by atoms with Crippen molar-refractivity contribution >= 4 is 33.2 Å². The molecular weight excluding hydrogens is 324 g/mol. The average molecular weight is 347 g/mol. The first-order valence-electron chi connectivity index (χ1n) is 7.19. The molecule has 124 valence electrons. The number of amides is 1. The number of sulfonamides is 1. The summed E-state index contributed by atoms with van der Waals surface area (Å²) < 4.78 is 25.2. The Hall–Kier alpha value is -1.27. The van der Waals surface area contributed by atoms with Crippen LogP contribution in [0.2, 0.25) is 5.02 Å². The summed E-state index contributed by atoms with van der Waals surface area (Å²) in [6, 6.07) is 5.01. The zero-order chi connectivity index (χ0) is 16.9. The summed E-state index contributed by atoms with van der Waals surface area (Å²) in [5.41, 5.74) is 1.05. The molecule has 0 bridgehead atoms. The van der Waals surface area contributed by atoms with Crippen LogP contribution in [0.15, 0.2) is 18.2 Å². The van der Waals surface area contributed by atoms with Gasteiger partial charge in [0.2, 0.25) is 15.9 Å². The SMILES string of the molecule is CCC[C@@H](C)NC(=O)CN(c1cccc(Cl)c1C)S(C)(=O)=O. The lowest BCUT2D eigenvalue weighted by Crippen LogP contribution is -2.43. The van der Waals surface area contributed by atoms with Crippen molar-refractivity contribution in [1.82, 2.24) is 5.32 Å². The van der Waals surface area contributed by atoms with Gasteiger partial charge >= 0.3 is 0 Å². The van der Waals surface area contributed by atoms with Crippen LogP contribution in [0.1, 0.15) is 32.3 Å². The molecule has 1 aromatic carbocycles.